The summed E-state index contributed by atoms with van der Waals surface area (Å²) in [6, 6.07) is 10.00. The molecule has 0 aliphatic heterocycles. The molecule has 0 aliphatic rings. The summed E-state index contributed by atoms with van der Waals surface area (Å²) in [7, 11) is 0. The first kappa shape index (κ1) is 17.0. The van der Waals surface area contributed by atoms with Crippen LogP contribution in [0.1, 0.15) is 29.8 Å². The first-order chi connectivity index (χ1) is 10.7. The number of amides is 1. The van der Waals surface area contributed by atoms with E-state index in [0.717, 1.165) is 12.1 Å². The summed E-state index contributed by atoms with van der Waals surface area (Å²) in [6.45, 7) is 3.20. The van der Waals surface area contributed by atoms with Gasteiger partial charge in [0.1, 0.15) is 5.82 Å². The fraction of sp³-hybridized carbons (Fsp3) is 0.176. The average molecular weight is 336 g/mol. The first-order valence-corrected chi connectivity index (χ1v) is 7.20. The lowest BCUT2D eigenvalue weighted by atomic mass is 9.85. The lowest BCUT2D eigenvalue weighted by molar-refractivity contribution is -0.142. The van der Waals surface area contributed by atoms with Crippen LogP contribution in [0.2, 0.25) is 5.02 Å². The van der Waals surface area contributed by atoms with Crippen molar-refractivity contribution in [2.24, 2.45) is 0 Å². The summed E-state index contributed by atoms with van der Waals surface area (Å²) < 4.78 is 13.0. The molecule has 1 amide bonds. The Morgan fingerprint density at radius 1 is 1.13 bits per heavy atom. The molecule has 120 valence electrons. The smallest absolute Gasteiger partial charge is 0.313 e. The van der Waals surface area contributed by atoms with Gasteiger partial charge in [-0.15, -0.1) is 0 Å². The number of halogens is 2. The van der Waals surface area contributed by atoms with Crippen molar-refractivity contribution in [1.29, 1.82) is 0 Å². The molecule has 0 fully saturated rings. The summed E-state index contributed by atoms with van der Waals surface area (Å²) in [4.78, 5) is 23.3. The Morgan fingerprint density at radius 3 is 2.26 bits per heavy atom. The van der Waals surface area contributed by atoms with E-state index in [0.29, 0.717) is 11.3 Å². The number of benzene rings is 2. The van der Waals surface area contributed by atoms with Gasteiger partial charge in [-0.3, -0.25) is 9.59 Å². The zero-order valence-corrected chi connectivity index (χ0v) is 13.3. The molecular formula is C17H15ClFNO3. The Kier molecular flexibility index (Phi) is 4.71. The lowest BCUT2D eigenvalue weighted by Gasteiger charge is -2.20. The van der Waals surface area contributed by atoms with Crippen LogP contribution in [-0.4, -0.2) is 17.0 Å². The Labute approximate surface area is 137 Å². The SMILES string of the molecule is CC(C)(C(=O)O)c1ccc(NC(=O)c2ccc(F)cc2Cl)cc1. The second-order valence-electron chi connectivity index (χ2n) is 5.59. The molecule has 0 heterocycles. The van der Waals surface area contributed by atoms with E-state index in [2.05, 4.69) is 5.32 Å². The number of anilines is 1. The molecule has 0 radical (unpaired) electrons. The summed E-state index contributed by atoms with van der Waals surface area (Å²) >= 11 is 5.84. The molecule has 2 aromatic carbocycles. The number of aliphatic carboxylic acids is 1. The van der Waals surface area contributed by atoms with Crippen LogP contribution in [0.15, 0.2) is 42.5 Å². The van der Waals surface area contributed by atoms with Crippen LogP contribution in [0.25, 0.3) is 0 Å². The summed E-state index contributed by atoms with van der Waals surface area (Å²) in [6.07, 6.45) is 0. The molecule has 0 aromatic heterocycles. The standard InChI is InChI=1S/C17H15ClFNO3/c1-17(2,16(22)23)10-3-6-12(7-4-10)20-15(21)13-8-5-11(19)9-14(13)18/h3-9H,1-2H3,(H,20,21)(H,22,23). The van der Waals surface area contributed by atoms with Crippen molar-refractivity contribution in [3.05, 3.63) is 64.4 Å². The molecule has 0 unspecified atom stereocenters. The van der Waals surface area contributed by atoms with Gasteiger partial charge >= 0.3 is 5.97 Å². The van der Waals surface area contributed by atoms with E-state index >= 15 is 0 Å². The predicted octanol–water partition coefficient (Wildman–Crippen LogP) is 4.09. The molecule has 23 heavy (non-hydrogen) atoms. The summed E-state index contributed by atoms with van der Waals surface area (Å²) in [5.41, 5.74) is 0.231. The summed E-state index contributed by atoms with van der Waals surface area (Å²) in [5.74, 6) is -1.93. The average Bonchev–Trinajstić information content (AvgIpc) is 2.47. The van der Waals surface area contributed by atoms with Crippen LogP contribution >= 0.6 is 11.6 Å². The number of hydrogen-bond acceptors (Lipinski definition) is 2. The van der Waals surface area contributed by atoms with Crippen molar-refractivity contribution in [2.45, 2.75) is 19.3 Å². The number of nitrogens with one attached hydrogen (secondary N) is 1. The minimum absolute atomic E-state index is 0.0196. The monoisotopic (exact) mass is 335 g/mol. The van der Waals surface area contributed by atoms with Crippen molar-refractivity contribution in [3.63, 3.8) is 0 Å². The van der Waals surface area contributed by atoms with E-state index < -0.39 is 23.1 Å². The second kappa shape index (κ2) is 6.38. The van der Waals surface area contributed by atoms with Crippen molar-refractivity contribution in [1.82, 2.24) is 0 Å². The number of hydrogen-bond donors (Lipinski definition) is 2. The lowest BCUT2D eigenvalue weighted by Crippen LogP contribution is -2.28. The number of carbonyl (C=O) groups excluding carboxylic acids is 1. The van der Waals surface area contributed by atoms with Crippen molar-refractivity contribution >= 4 is 29.2 Å². The highest BCUT2D eigenvalue weighted by Crippen LogP contribution is 2.25. The maximum atomic E-state index is 13.0. The van der Waals surface area contributed by atoms with Crippen LogP contribution in [0.5, 0.6) is 0 Å². The molecule has 4 nitrogen and oxygen atoms in total. The van der Waals surface area contributed by atoms with Gasteiger partial charge < -0.3 is 10.4 Å². The molecular weight excluding hydrogens is 321 g/mol. The largest absolute Gasteiger partial charge is 0.481 e. The maximum absolute atomic E-state index is 13.0. The van der Waals surface area contributed by atoms with Gasteiger partial charge in [-0.2, -0.15) is 0 Å². The Balaban J connectivity index is 2.18. The maximum Gasteiger partial charge on any atom is 0.313 e. The third-order valence-corrected chi connectivity index (χ3v) is 3.89. The van der Waals surface area contributed by atoms with Crippen LogP contribution in [0.4, 0.5) is 10.1 Å². The highest BCUT2D eigenvalue weighted by atomic mass is 35.5. The quantitative estimate of drug-likeness (QED) is 0.884. The van der Waals surface area contributed by atoms with E-state index in [1.807, 2.05) is 0 Å². The fourth-order valence-electron chi connectivity index (χ4n) is 1.97. The summed E-state index contributed by atoms with van der Waals surface area (Å²) in [5, 5.41) is 11.8. The third-order valence-electron chi connectivity index (χ3n) is 3.57. The van der Waals surface area contributed by atoms with Crippen LogP contribution in [0, 0.1) is 5.82 Å². The van der Waals surface area contributed by atoms with E-state index in [1.165, 1.54) is 6.07 Å². The van der Waals surface area contributed by atoms with Crippen molar-refractivity contribution < 1.29 is 19.1 Å². The predicted molar refractivity (Wildman–Crippen MR) is 86.5 cm³/mol. The van der Waals surface area contributed by atoms with Crippen LogP contribution in [-0.2, 0) is 10.2 Å². The molecule has 0 bridgehead atoms. The Morgan fingerprint density at radius 2 is 1.74 bits per heavy atom. The molecule has 6 heteroatoms. The normalized spacial score (nSPS) is 11.1. The molecule has 2 rings (SSSR count). The van der Waals surface area contributed by atoms with Crippen molar-refractivity contribution in [2.75, 3.05) is 5.32 Å². The fourth-order valence-corrected chi connectivity index (χ4v) is 2.22. The molecule has 2 N–H and O–H groups in total. The third kappa shape index (κ3) is 3.68. The van der Waals surface area contributed by atoms with E-state index in [1.54, 1.807) is 38.1 Å². The van der Waals surface area contributed by atoms with E-state index in [4.69, 9.17) is 11.6 Å². The highest BCUT2D eigenvalue weighted by Gasteiger charge is 2.29. The van der Waals surface area contributed by atoms with Gasteiger partial charge in [0, 0.05) is 5.69 Å². The number of rotatable bonds is 4. The number of carboxylic acids is 1. The molecule has 2 aromatic rings. The number of carboxylic acid groups (broad SMARTS) is 1. The van der Waals surface area contributed by atoms with Gasteiger partial charge in [0.25, 0.3) is 5.91 Å². The Hall–Kier alpha value is -2.40. The van der Waals surface area contributed by atoms with Gasteiger partial charge in [-0.25, -0.2) is 4.39 Å². The van der Waals surface area contributed by atoms with Crippen molar-refractivity contribution in [3.8, 4) is 0 Å². The highest BCUT2D eigenvalue weighted by molar-refractivity contribution is 6.34. The van der Waals surface area contributed by atoms with Gasteiger partial charge in [-0.1, -0.05) is 23.7 Å². The minimum Gasteiger partial charge on any atom is -0.481 e. The van der Waals surface area contributed by atoms with E-state index in [-0.39, 0.29) is 10.6 Å². The first-order valence-electron chi connectivity index (χ1n) is 6.82. The number of carbonyl (C=O) groups is 2. The van der Waals surface area contributed by atoms with Gasteiger partial charge in [-0.05, 0) is 49.7 Å². The molecule has 0 aliphatic carbocycles. The van der Waals surface area contributed by atoms with Gasteiger partial charge in [0.05, 0.1) is 16.0 Å². The van der Waals surface area contributed by atoms with E-state index in [9.17, 15) is 19.1 Å². The molecule has 0 spiro atoms. The van der Waals surface area contributed by atoms with Crippen LogP contribution < -0.4 is 5.32 Å². The zero-order chi connectivity index (χ0) is 17.2. The molecule has 0 saturated carbocycles. The zero-order valence-electron chi connectivity index (χ0n) is 12.6. The Bertz CT molecular complexity index is 757. The van der Waals surface area contributed by atoms with Crippen LogP contribution in [0.3, 0.4) is 0 Å². The topological polar surface area (TPSA) is 66.4 Å². The second-order valence-corrected chi connectivity index (χ2v) is 5.99. The van der Waals surface area contributed by atoms with Gasteiger partial charge in [0.2, 0.25) is 0 Å². The van der Waals surface area contributed by atoms with Gasteiger partial charge in [0.15, 0.2) is 0 Å². The molecule has 0 atom stereocenters. The minimum atomic E-state index is -1.02. The molecule has 0 saturated heterocycles.